The highest BCUT2D eigenvalue weighted by molar-refractivity contribution is 6.03. The van der Waals surface area contributed by atoms with E-state index in [1.165, 1.54) is 30.6 Å². The van der Waals surface area contributed by atoms with Crippen LogP contribution < -0.4 is 10.6 Å². The van der Waals surface area contributed by atoms with E-state index in [1.54, 1.807) is 0 Å². The molecule has 0 aliphatic carbocycles. The van der Waals surface area contributed by atoms with Gasteiger partial charge in [-0.1, -0.05) is 19.1 Å². The summed E-state index contributed by atoms with van der Waals surface area (Å²) in [5, 5.41) is 5.31. The number of rotatable bonds is 5. The molecule has 1 aromatic carbocycles. The molecule has 24 heavy (non-hydrogen) atoms. The summed E-state index contributed by atoms with van der Waals surface area (Å²) in [6.07, 6.45) is -1.08. The first-order chi connectivity index (χ1) is 11.3. The molecule has 1 atom stereocenters. The molecule has 2 N–H and O–H groups in total. The van der Waals surface area contributed by atoms with Crippen molar-refractivity contribution in [1.82, 2.24) is 9.97 Å². The summed E-state index contributed by atoms with van der Waals surface area (Å²) in [6, 6.07) is 4.95. The van der Waals surface area contributed by atoms with Gasteiger partial charge in [-0.25, -0.2) is 9.97 Å². The molecule has 0 saturated carbocycles. The summed E-state index contributed by atoms with van der Waals surface area (Å²) < 4.78 is 38.8. The van der Waals surface area contributed by atoms with Crippen LogP contribution >= 0.6 is 0 Å². The maximum Gasteiger partial charge on any atom is 0.418 e. The molecule has 0 aliphatic heterocycles. The summed E-state index contributed by atoms with van der Waals surface area (Å²) in [4.78, 5) is 20.1. The highest BCUT2D eigenvalue weighted by Gasteiger charge is 2.33. The fourth-order valence-corrected chi connectivity index (χ4v) is 1.90. The number of carbonyl (C=O) groups excluding carboxylic acids is 1. The van der Waals surface area contributed by atoms with Crippen LogP contribution in [0.5, 0.6) is 0 Å². The van der Waals surface area contributed by atoms with Gasteiger partial charge < -0.3 is 10.6 Å². The Balaban J connectivity index is 2.14. The Kier molecular flexibility index (Phi) is 5.38. The average Bonchev–Trinajstić information content (AvgIpc) is 2.55. The Morgan fingerprint density at radius 1 is 1.21 bits per heavy atom. The van der Waals surface area contributed by atoms with Gasteiger partial charge in [-0.3, -0.25) is 4.79 Å². The van der Waals surface area contributed by atoms with Gasteiger partial charge in [0.25, 0.3) is 5.91 Å². The predicted molar refractivity (Wildman–Crippen MR) is 84.8 cm³/mol. The van der Waals surface area contributed by atoms with Gasteiger partial charge in [-0.05, 0) is 25.5 Å². The number of carbonyl (C=O) groups is 1. The number of para-hydroxylation sites is 1. The Hall–Kier alpha value is -2.64. The largest absolute Gasteiger partial charge is 0.418 e. The maximum absolute atomic E-state index is 12.9. The molecule has 8 heteroatoms. The number of nitrogens with one attached hydrogen (secondary N) is 2. The summed E-state index contributed by atoms with van der Waals surface area (Å²) in [7, 11) is 0. The number of benzene rings is 1. The molecular formula is C16H17F3N4O. The maximum atomic E-state index is 12.9. The van der Waals surface area contributed by atoms with Crippen molar-refractivity contribution in [3.8, 4) is 0 Å². The van der Waals surface area contributed by atoms with E-state index < -0.39 is 17.6 Å². The Labute approximate surface area is 137 Å². The van der Waals surface area contributed by atoms with Gasteiger partial charge in [-0.2, -0.15) is 13.2 Å². The number of nitrogens with zero attached hydrogens (tertiary/aromatic N) is 2. The van der Waals surface area contributed by atoms with E-state index in [-0.39, 0.29) is 17.4 Å². The second-order valence-electron chi connectivity index (χ2n) is 5.24. The lowest BCUT2D eigenvalue weighted by molar-refractivity contribution is -0.136. The van der Waals surface area contributed by atoms with Crippen LogP contribution in [0.4, 0.5) is 24.7 Å². The van der Waals surface area contributed by atoms with Crippen LogP contribution in [0.3, 0.4) is 0 Å². The van der Waals surface area contributed by atoms with Crippen LogP contribution in [-0.2, 0) is 6.18 Å². The molecule has 0 aliphatic rings. The van der Waals surface area contributed by atoms with Crippen molar-refractivity contribution in [2.45, 2.75) is 32.5 Å². The third-order valence-electron chi connectivity index (χ3n) is 3.37. The first-order valence-electron chi connectivity index (χ1n) is 7.37. The van der Waals surface area contributed by atoms with Crippen LogP contribution in [0.25, 0.3) is 0 Å². The van der Waals surface area contributed by atoms with E-state index in [9.17, 15) is 18.0 Å². The second-order valence-corrected chi connectivity index (χ2v) is 5.24. The van der Waals surface area contributed by atoms with E-state index in [1.807, 2.05) is 13.8 Å². The quantitative estimate of drug-likeness (QED) is 0.866. The molecular weight excluding hydrogens is 321 g/mol. The molecule has 0 bridgehead atoms. The average molecular weight is 338 g/mol. The number of anilines is 2. The highest BCUT2D eigenvalue weighted by Crippen LogP contribution is 2.34. The van der Waals surface area contributed by atoms with E-state index in [0.717, 1.165) is 12.5 Å². The molecule has 128 valence electrons. The van der Waals surface area contributed by atoms with Crippen molar-refractivity contribution in [3.63, 3.8) is 0 Å². The summed E-state index contributed by atoms with van der Waals surface area (Å²) in [6.45, 7) is 3.97. The Bertz CT molecular complexity index is 701. The van der Waals surface area contributed by atoms with Gasteiger partial charge in [0.2, 0.25) is 0 Å². The smallest absolute Gasteiger partial charge is 0.366 e. The first kappa shape index (κ1) is 17.7. The van der Waals surface area contributed by atoms with E-state index in [4.69, 9.17) is 0 Å². The van der Waals surface area contributed by atoms with Gasteiger partial charge in [0.1, 0.15) is 11.5 Å². The van der Waals surface area contributed by atoms with Crippen molar-refractivity contribution in [1.29, 1.82) is 0 Å². The van der Waals surface area contributed by atoms with Crippen LogP contribution in [0, 0.1) is 0 Å². The lowest BCUT2D eigenvalue weighted by atomic mass is 10.1. The van der Waals surface area contributed by atoms with Gasteiger partial charge in [0.15, 0.2) is 0 Å². The fourth-order valence-electron chi connectivity index (χ4n) is 1.90. The van der Waals surface area contributed by atoms with Crippen LogP contribution in [0.2, 0.25) is 0 Å². The lowest BCUT2D eigenvalue weighted by Crippen LogP contribution is -2.19. The molecule has 1 unspecified atom stereocenters. The number of aromatic nitrogens is 2. The van der Waals surface area contributed by atoms with Crippen molar-refractivity contribution in [3.05, 3.63) is 47.9 Å². The molecule has 1 amide bonds. The van der Waals surface area contributed by atoms with Gasteiger partial charge >= 0.3 is 6.18 Å². The van der Waals surface area contributed by atoms with Crippen LogP contribution in [0.1, 0.15) is 36.3 Å². The standard InChI is InChI=1S/C16H17F3N4O/c1-3-10(2)22-14-9-20-13(8-21-14)15(24)23-12-7-5-4-6-11(12)16(17,18)19/h4-10H,3H2,1-2H3,(H,21,22)(H,23,24). The topological polar surface area (TPSA) is 66.9 Å². The van der Waals surface area contributed by atoms with Gasteiger partial charge in [-0.15, -0.1) is 0 Å². The van der Waals surface area contributed by atoms with E-state index in [2.05, 4.69) is 20.6 Å². The third kappa shape index (κ3) is 4.43. The van der Waals surface area contributed by atoms with Crippen LogP contribution in [0.15, 0.2) is 36.7 Å². The van der Waals surface area contributed by atoms with Crippen molar-refractivity contribution < 1.29 is 18.0 Å². The SMILES string of the molecule is CCC(C)Nc1cnc(C(=O)Nc2ccccc2C(F)(F)F)cn1. The van der Waals surface area contributed by atoms with Crippen molar-refractivity contribution >= 4 is 17.4 Å². The summed E-state index contributed by atoms with van der Waals surface area (Å²) in [5.41, 5.74) is -1.30. The lowest BCUT2D eigenvalue weighted by Gasteiger charge is -2.14. The zero-order valence-corrected chi connectivity index (χ0v) is 13.2. The summed E-state index contributed by atoms with van der Waals surface area (Å²) in [5.74, 6) is -0.258. The zero-order valence-electron chi connectivity index (χ0n) is 13.2. The third-order valence-corrected chi connectivity index (χ3v) is 3.37. The minimum atomic E-state index is -4.56. The number of alkyl halides is 3. The summed E-state index contributed by atoms with van der Waals surface area (Å²) >= 11 is 0. The Morgan fingerprint density at radius 2 is 1.92 bits per heavy atom. The molecule has 1 heterocycles. The first-order valence-corrected chi connectivity index (χ1v) is 7.37. The fraction of sp³-hybridized carbons (Fsp3) is 0.312. The normalized spacial score (nSPS) is 12.5. The molecule has 2 aromatic rings. The Morgan fingerprint density at radius 3 is 2.50 bits per heavy atom. The van der Waals surface area contributed by atoms with Gasteiger partial charge in [0.05, 0.1) is 23.6 Å². The minimum absolute atomic E-state index is 0.0679. The van der Waals surface area contributed by atoms with Crippen molar-refractivity contribution in [2.24, 2.45) is 0 Å². The molecule has 0 radical (unpaired) electrons. The van der Waals surface area contributed by atoms with E-state index >= 15 is 0 Å². The zero-order chi connectivity index (χ0) is 17.7. The number of hydrogen-bond donors (Lipinski definition) is 2. The number of hydrogen-bond acceptors (Lipinski definition) is 4. The second kappa shape index (κ2) is 7.29. The van der Waals surface area contributed by atoms with Crippen molar-refractivity contribution in [2.75, 3.05) is 10.6 Å². The predicted octanol–water partition coefficient (Wildman–Crippen LogP) is 3.96. The highest BCUT2D eigenvalue weighted by atomic mass is 19.4. The molecule has 5 nitrogen and oxygen atoms in total. The monoisotopic (exact) mass is 338 g/mol. The van der Waals surface area contributed by atoms with Crippen LogP contribution in [-0.4, -0.2) is 21.9 Å². The van der Waals surface area contributed by atoms with Gasteiger partial charge in [0, 0.05) is 6.04 Å². The van der Waals surface area contributed by atoms with E-state index in [0.29, 0.717) is 5.82 Å². The molecule has 0 fully saturated rings. The molecule has 0 saturated heterocycles. The molecule has 1 aromatic heterocycles. The number of halogens is 3. The minimum Gasteiger partial charge on any atom is -0.366 e. The number of amides is 1. The molecule has 2 rings (SSSR count). The molecule has 0 spiro atoms.